The molecule has 0 fully saturated rings. The second-order valence-corrected chi connectivity index (χ2v) is 3.27. The zero-order valence-corrected chi connectivity index (χ0v) is 9.03. The second-order valence-electron chi connectivity index (χ2n) is 3.27. The summed E-state index contributed by atoms with van der Waals surface area (Å²) in [6, 6.07) is 5.92. The number of benzene rings is 1. The molecule has 0 unspecified atom stereocenters. The molecule has 0 aliphatic carbocycles. The number of oxime groups is 1. The summed E-state index contributed by atoms with van der Waals surface area (Å²) in [4.78, 5) is 0. The van der Waals surface area contributed by atoms with E-state index in [2.05, 4.69) is 12.1 Å². The van der Waals surface area contributed by atoms with Gasteiger partial charge in [-0.1, -0.05) is 24.2 Å². The molecule has 0 saturated heterocycles. The van der Waals surface area contributed by atoms with Gasteiger partial charge in [0.1, 0.15) is 11.6 Å². The van der Waals surface area contributed by atoms with Gasteiger partial charge in [0.2, 0.25) is 0 Å². The summed E-state index contributed by atoms with van der Waals surface area (Å²) >= 11 is 0. The van der Waals surface area contributed by atoms with Crippen LogP contribution in [0.2, 0.25) is 0 Å². The Morgan fingerprint density at radius 1 is 1.53 bits per heavy atom. The number of rotatable bonds is 4. The molecule has 0 amide bonds. The molecule has 0 aliphatic rings. The lowest BCUT2D eigenvalue weighted by Crippen LogP contribution is -2.15. The van der Waals surface area contributed by atoms with Crippen LogP contribution in [0.4, 0.5) is 0 Å². The van der Waals surface area contributed by atoms with E-state index in [1.165, 1.54) is 5.56 Å². The lowest BCUT2D eigenvalue weighted by Gasteiger charge is -2.09. The molecule has 0 heterocycles. The summed E-state index contributed by atoms with van der Waals surface area (Å²) in [5.74, 6) is 0.945. The molecule has 1 aromatic carbocycles. The molecule has 0 radical (unpaired) electrons. The summed E-state index contributed by atoms with van der Waals surface area (Å²) in [5, 5.41) is 11.5. The minimum absolute atomic E-state index is 0.182. The third-order valence-corrected chi connectivity index (χ3v) is 2.25. The van der Waals surface area contributed by atoms with Gasteiger partial charge in [0.15, 0.2) is 0 Å². The topological polar surface area (TPSA) is 67.8 Å². The average molecular weight is 208 g/mol. The van der Waals surface area contributed by atoms with Gasteiger partial charge in [-0.2, -0.15) is 0 Å². The van der Waals surface area contributed by atoms with Crippen molar-refractivity contribution in [1.29, 1.82) is 0 Å². The Kier molecular flexibility index (Phi) is 3.97. The molecule has 1 rings (SSSR count). The number of methoxy groups -OCH3 is 1. The zero-order chi connectivity index (χ0) is 11.3. The van der Waals surface area contributed by atoms with Crippen molar-refractivity contribution in [3.63, 3.8) is 0 Å². The van der Waals surface area contributed by atoms with E-state index in [1.807, 2.05) is 18.2 Å². The van der Waals surface area contributed by atoms with Gasteiger partial charge in [-0.3, -0.25) is 0 Å². The van der Waals surface area contributed by atoms with Crippen LogP contribution >= 0.6 is 0 Å². The van der Waals surface area contributed by atoms with Crippen LogP contribution in [0.5, 0.6) is 5.75 Å². The van der Waals surface area contributed by atoms with Gasteiger partial charge in [0, 0.05) is 12.0 Å². The molecular weight excluding hydrogens is 192 g/mol. The molecule has 0 aliphatic heterocycles. The highest BCUT2D eigenvalue weighted by atomic mass is 16.5. The Hall–Kier alpha value is -1.71. The first kappa shape index (κ1) is 11.4. The van der Waals surface area contributed by atoms with Crippen molar-refractivity contribution < 1.29 is 9.94 Å². The number of nitrogens with two attached hydrogens (primary N) is 1. The Morgan fingerprint density at radius 3 is 2.80 bits per heavy atom. The molecule has 0 aromatic heterocycles. The fourth-order valence-corrected chi connectivity index (χ4v) is 1.42. The first-order valence-electron chi connectivity index (χ1n) is 4.83. The number of hydrogen-bond acceptors (Lipinski definition) is 3. The van der Waals surface area contributed by atoms with E-state index in [9.17, 15) is 0 Å². The number of aryl methyl sites for hydroxylation is 1. The first-order valence-corrected chi connectivity index (χ1v) is 4.83. The molecule has 0 saturated carbocycles. The SMILES string of the molecule is CCc1ccc(OC)c(C/C(N)=N/O)c1. The highest BCUT2D eigenvalue weighted by Crippen LogP contribution is 2.20. The molecule has 4 nitrogen and oxygen atoms in total. The van der Waals surface area contributed by atoms with Crippen LogP contribution in [0.15, 0.2) is 23.4 Å². The maximum absolute atomic E-state index is 8.51. The van der Waals surface area contributed by atoms with Crippen molar-refractivity contribution in [2.75, 3.05) is 7.11 Å². The summed E-state index contributed by atoms with van der Waals surface area (Å²) in [7, 11) is 1.61. The highest BCUT2D eigenvalue weighted by molar-refractivity contribution is 5.82. The fourth-order valence-electron chi connectivity index (χ4n) is 1.42. The van der Waals surface area contributed by atoms with E-state index in [0.717, 1.165) is 17.7 Å². The van der Waals surface area contributed by atoms with E-state index in [4.69, 9.17) is 15.7 Å². The quantitative estimate of drug-likeness (QED) is 0.341. The van der Waals surface area contributed by atoms with Crippen LogP contribution in [-0.4, -0.2) is 18.2 Å². The third kappa shape index (κ3) is 2.87. The zero-order valence-electron chi connectivity index (χ0n) is 9.03. The monoisotopic (exact) mass is 208 g/mol. The van der Waals surface area contributed by atoms with Crippen LogP contribution in [0.1, 0.15) is 18.1 Å². The normalized spacial score (nSPS) is 11.5. The second kappa shape index (κ2) is 5.24. The Balaban J connectivity index is 3.01. The summed E-state index contributed by atoms with van der Waals surface area (Å²) in [6.07, 6.45) is 1.35. The Morgan fingerprint density at radius 2 is 2.27 bits per heavy atom. The number of amidine groups is 1. The maximum Gasteiger partial charge on any atom is 0.143 e. The minimum atomic E-state index is 0.182. The smallest absolute Gasteiger partial charge is 0.143 e. The van der Waals surface area contributed by atoms with Crippen molar-refractivity contribution in [2.24, 2.45) is 10.9 Å². The molecule has 0 bridgehead atoms. The minimum Gasteiger partial charge on any atom is -0.496 e. The lowest BCUT2D eigenvalue weighted by atomic mass is 10.0. The van der Waals surface area contributed by atoms with Crippen LogP contribution in [0.25, 0.3) is 0 Å². The molecule has 0 atom stereocenters. The molecule has 3 N–H and O–H groups in total. The van der Waals surface area contributed by atoms with Crippen molar-refractivity contribution in [3.05, 3.63) is 29.3 Å². The van der Waals surface area contributed by atoms with E-state index < -0.39 is 0 Å². The lowest BCUT2D eigenvalue weighted by molar-refractivity contribution is 0.317. The fraction of sp³-hybridized carbons (Fsp3) is 0.364. The molecule has 0 spiro atoms. The average Bonchev–Trinajstić information content (AvgIpc) is 2.28. The van der Waals surface area contributed by atoms with Crippen molar-refractivity contribution >= 4 is 5.84 Å². The summed E-state index contributed by atoms with van der Waals surface area (Å²) in [5.41, 5.74) is 7.61. The molecule has 82 valence electrons. The van der Waals surface area contributed by atoms with E-state index in [0.29, 0.717) is 6.42 Å². The van der Waals surface area contributed by atoms with Crippen LogP contribution in [0.3, 0.4) is 0 Å². The standard InChI is InChI=1S/C11H16N2O2/c1-3-8-4-5-10(15-2)9(6-8)7-11(12)13-14/h4-6,14H,3,7H2,1-2H3,(H2,12,13). The number of hydrogen-bond donors (Lipinski definition) is 2. The third-order valence-electron chi connectivity index (χ3n) is 2.25. The van der Waals surface area contributed by atoms with Gasteiger partial charge in [-0.05, 0) is 18.1 Å². The maximum atomic E-state index is 8.51. The van der Waals surface area contributed by atoms with Gasteiger partial charge < -0.3 is 15.7 Å². The predicted molar refractivity (Wildman–Crippen MR) is 59.5 cm³/mol. The van der Waals surface area contributed by atoms with Gasteiger partial charge in [0.05, 0.1) is 7.11 Å². The number of nitrogens with zero attached hydrogens (tertiary/aromatic N) is 1. The molecule has 15 heavy (non-hydrogen) atoms. The van der Waals surface area contributed by atoms with E-state index >= 15 is 0 Å². The van der Waals surface area contributed by atoms with Gasteiger partial charge in [0.25, 0.3) is 0 Å². The van der Waals surface area contributed by atoms with E-state index in [-0.39, 0.29) is 5.84 Å². The molecule has 1 aromatic rings. The number of ether oxygens (including phenoxy) is 1. The van der Waals surface area contributed by atoms with Crippen molar-refractivity contribution in [1.82, 2.24) is 0 Å². The van der Waals surface area contributed by atoms with Gasteiger partial charge in [-0.15, -0.1) is 0 Å². The first-order chi connectivity index (χ1) is 7.21. The molecule has 4 heteroatoms. The highest BCUT2D eigenvalue weighted by Gasteiger charge is 2.06. The largest absolute Gasteiger partial charge is 0.496 e. The van der Waals surface area contributed by atoms with Crippen LogP contribution in [0, 0.1) is 0 Å². The van der Waals surface area contributed by atoms with E-state index in [1.54, 1.807) is 7.11 Å². The van der Waals surface area contributed by atoms with Crippen molar-refractivity contribution in [3.8, 4) is 5.75 Å². The van der Waals surface area contributed by atoms with Crippen LogP contribution in [-0.2, 0) is 12.8 Å². The van der Waals surface area contributed by atoms with Gasteiger partial charge >= 0.3 is 0 Å². The Labute approximate surface area is 89.4 Å². The summed E-state index contributed by atoms with van der Waals surface area (Å²) < 4.78 is 5.20. The van der Waals surface area contributed by atoms with Gasteiger partial charge in [-0.25, -0.2) is 0 Å². The predicted octanol–water partition coefficient (Wildman–Crippen LogP) is 1.55. The molecular formula is C11H16N2O2. The van der Waals surface area contributed by atoms with Crippen LogP contribution < -0.4 is 10.5 Å². The van der Waals surface area contributed by atoms with Crippen molar-refractivity contribution in [2.45, 2.75) is 19.8 Å². The summed E-state index contributed by atoms with van der Waals surface area (Å²) in [6.45, 7) is 2.08. The Bertz CT molecular complexity index is 362.